The van der Waals surface area contributed by atoms with Crippen LogP contribution in [0.15, 0.2) is 10.7 Å². The molecule has 66 valence electrons. The highest BCUT2D eigenvalue weighted by atomic mass is 16.5. The topological polar surface area (TPSA) is 78.3 Å². The minimum atomic E-state index is -0.328. The molecule has 0 bridgehead atoms. The van der Waals surface area contributed by atoms with Crippen LogP contribution >= 0.6 is 0 Å². The van der Waals surface area contributed by atoms with E-state index >= 15 is 0 Å². The summed E-state index contributed by atoms with van der Waals surface area (Å²) in [5.74, 6) is -0.328. The molecule has 1 heterocycles. The molecule has 5 nitrogen and oxygen atoms in total. The van der Waals surface area contributed by atoms with Gasteiger partial charge in [0.15, 0.2) is 0 Å². The van der Waals surface area contributed by atoms with E-state index in [0.717, 1.165) is 0 Å². The van der Waals surface area contributed by atoms with Crippen LogP contribution in [0, 0.1) is 0 Å². The molecule has 12 heavy (non-hydrogen) atoms. The van der Waals surface area contributed by atoms with Gasteiger partial charge in [-0.15, -0.1) is 0 Å². The van der Waals surface area contributed by atoms with Crippen LogP contribution in [0.5, 0.6) is 0 Å². The molecule has 0 aliphatic carbocycles. The number of hydrogen-bond acceptors (Lipinski definition) is 5. The molecular formula is C7H10N2O3. The molecule has 0 saturated heterocycles. The monoisotopic (exact) mass is 170 g/mol. The first kappa shape index (κ1) is 8.58. The molecule has 0 amide bonds. The van der Waals surface area contributed by atoms with Crippen LogP contribution in [0.3, 0.4) is 0 Å². The maximum Gasteiger partial charge on any atom is 0.311 e. The smallest absolute Gasteiger partial charge is 0.311 e. The van der Waals surface area contributed by atoms with Crippen molar-refractivity contribution in [2.45, 2.75) is 13.3 Å². The molecule has 0 aliphatic rings. The highest BCUT2D eigenvalue weighted by Crippen LogP contribution is 2.03. The molecule has 1 aromatic heterocycles. The van der Waals surface area contributed by atoms with Crippen molar-refractivity contribution in [2.24, 2.45) is 0 Å². The summed E-state index contributed by atoms with van der Waals surface area (Å²) in [5.41, 5.74) is 5.69. The van der Waals surface area contributed by atoms with Gasteiger partial charge in [0.1, 0.15) is 6.26 Å². The van der Waals surface area contributed by atoms with Crippen molar-refractivity contribution in [3.8, 4) is 0 Å². The lowest BCUT2D eigenvalue weighted by Gasteiger charge is -1.96. The molecular weight excluding hydrogens is 160 g/mol. The lowest BCUT2D eigenvalue weighted by atomic mass is 10.3. The van der Waals surface area contributed by atoms with Gasteiger partial charge >= 0.3 is 5.97 Å². The van der Waals surface area contributed by atoms with Gasteiger partial charge in [-0.2, -0.15) is 4.98 Å². The Kier molecular flexibility index (Phi) is 2.68. The van der Waals surface area contributed by atoms with Gasteiger partial charge in [0.05, 0.1) is 18.7 Å². The first-order chi connectivity index (χ1) is 5.72. The molecule has 1 rings (SSSR count). The van der Waals surface area contributed by atoms with Crippen LogP contribution < -0.4 is 5.73 Å². The molecule has 0 radical (unpaired) electrons. The Morgan fingerprint density at radius 1 is 1.83 bits per heavy atom. The van der Waals surface area contributed by atoms with Crippen molar-refractivity contribution in [3.63, 3.8) is 0 Å². The second-order valence-electron chi connectivity index (χ2n) is 2.16. The highest BCUT2D eigenvalue weighted by molar-refractivity contribution is 5.71. The Morgan fingerprint density at radius 2 is 2.58 bits per heavy atom. The summed E-state index contributed by atoms with van der Waals surface area (Å²) in [6.45, 7) is 2.11. The van der Waals surface area contributed by atoms with Crippen molar-refractivity contribution in [3.05, 3.63) is 12.0 Å². The quantitative estimate of drug-likeness (QED) is 0.662. The van der Waals surface area contributed by atoms with E-state index in [0.29, 0.717) is 12.3 Å². The summed E-state index contributed by atoms with van der Waals surface area (Å²) >= 11 is 0. The Bertz CT molecular complexity index is 269. The number of carbonyl (C=O) groups is 1. The molecule has 2 N–H and O–H groups in total. The van der Waals surface area contributed by atoms with Crippen molar-refractivity contribution in [1.29, 1.82) is 0 Å². The molecule has 0 saturated carbocycles. The van der Waals surface area contributed by atoms with E-state index in [1.54, 1.807) is 6.92 Å². The zero-order chi connectivity index (χ0) is 8.97. The number of nitrogens with zero attached hydrogens (tertiary/aromatic N) is 1. The van der Waals surface area contributed by atoms with Crippen LogP contribution in [0.25, 0.3) is 0 Å². The largest absolute Gasteiger partial charge is 0.466 e. The zero-order valence-corrected chi connectivity index (χ0v) is 6.74. The molecule has 0 spiro atoms. The van der Waals surface area contributed by atoms with E-state index in [1.807, 2.05) is 0 Å². The number of anilines is 1. The first-order valence-electron chi connectivity index (χ1n) is 3.58. The number of ether oxygens (including phenoxy) is 1. The van der Waals surface area contributed by atoms with E-state index in [9.17, 15) is 4.79 Å². The molecule has 0 fully saturated rings. The first-order valence-corrected chi connectivity index (χ1v) is 3.58. The van der Waals surface area contributed by atoms with Gasteiger partial charge in [-0.3, -0.25) is 4.79 Å². The fraction of sp³-hybridized carbons (Fsp3) is 0.429. The zero-order valence-electron chi connectivity index (χ0n) is 6.74. The van der Waals surface area contributed by atoms with E-state index < -0.39 is 0 Å². The van der Waals surface area contributed by atoms with Crippen LogP contribution in [0.2, 0.25) is 0 Å². The number of esters is 1. The highest BCUT2D eigenvalue weighted by Gasteiger charge is 2.07. The summed E-state index contributed by atoms with van der Waals surface area (Å²) in [4.78, 5) is 14.6. The fourth-order valence-electron chi connectivity index (χ4n) is 0.764. The number of oxazole rings is 1. The third-order valence-corrected chi connectivity index (χ3v) is 1.20. The van der Waals surface area contributed by atoms with Gasteiger partial charge in [0.2, 0.25) is 0 Å². The lowest BCUT2D eigenvalue weighted by molar-refractivity contribution is -0.142. The summed E-state index contributed by atoms with van der Waals surface area (Å²) in [6.07, 6.45) is 1.45. The molecule has 0 aliphatic heterocycles. The van der Waals surface area contributed by atoms with E-state index in [4.69, 9.17) is 14.9 Å². The normalized spacial score (nSPS) is 9.75. The molecule has 0 unspecified atom stereocenters. The number of nitrogen functional groups attached to an aromatic ring is 1. The Morgan fingerprint density at radius 3 is 3.08 bits per heavy atom. The minimum Gasteiger partial charge on any atom is -0.466 e. The van der Waals surface area contributed by atoms with Crippen LogP contribution in [0.1, 0.15) is 12.6 Å². The van der Waals surface area contributed by atoms with Crippen LogP contribution in [-0.4, -0.2) is 17.6 Å². The van der Waals surface area contributed by atoms with Crippen molar-refractivity contribution in [1.82, 2.24) is 4.98 Å². The summed E-state index contributed by atoms with van der Waals surface area (Å²) in [7, 11) is 0. The standard InChI is InChI=1S/C7H10N2O3/c1-2-11-6(10)3-5-4-12-7(8)9-5/h4H,2-3H2,1H3,(H2,8,9). The predicted octanol–water partition coefficient (Wildman–Crippen LogP) is 0.362. The van der Waals surface area contributed by atoms with Gasteiger partial charge < -0.3 is 14.9 Å². The Hall–Kier alpha value is -1.52. The van der Waals surface area contributed by atoms with E-state index in [2.05, 4.69) is 4.98 Å². The maximum absolute atomic E-state index is 10.9. The number of hydrogen-bond donors (Lipinski definition) is 1. The number of nitrogens with two attached hydrogens (primary N) is 1. The van der Waals surface area contributed by atoms with Gasteiger partial charge in [-0.1, -0.05) is 0 Å². The molecule has 5 heteroatoms. The van der Waals surface area contributed by atoms with Crippen molar-refractivity contribution >= 4 is 12.0 Å². The van der Waals surface area contributed by atoms with Crippen molar-refractivity contribution < 1.29 is 13.9 Å². The van der Waals surface area contributed by atoms with Crippen LogP contribution in [-0.2, 0) is 16.0 Å². The molecule has 1 aromatic rings. The Labute approximate surface area is 69.5 Å². The average molecular weight is 170 g/mol. The third kappa shape index (κ3) is 2.26. The predicted molar refractivity (Wildman–Crippen MR) is 41.3 cm³/mol. The summed E-state index contributed by atoms with van der Waals surface area (Å²) in [5, 5.41) is 0. The maximum atomic E-state index is 10.9. The van der Waals surface area contributed by atoms with Gasteiger partial charge in [0.25, 0.3) is 6.01 Å². The van der Waals surface area contributed by atoms with Crippen LogP contribution in [0.4, 0.5) is 6.01 Å². The van der Waals surface area contributed by atoms with E-state index in [1.165, 1.54) is 6.26 Å². The summed E-state index contributed by atoms with van der Waals surface area (Å²) in [6, 6.07) is 0.0642. The molecule has 0 aromatic carbocycles. The summed E-state index contributed by atoms with van der Waals surface area (Å²) < 4.78 is 9.40. The van der Waals surface area contributed by atoms with E-state index in [-0.39, 0.29) is 18.4 Å². The average Bonchev–Trinajstić information content (AvgIpc) is 2.36. The molecule has 0 atom stereocenters. The number of aromatic nitrogens is 1. The minimum absolute atomic E-state index is 0.0642. The SMILES string of the molecule is CCOC(=O)Cc1coc(N)n1. The van der Waals surface area contributed by atoms with Crippen molar-refractivity contribution in [2.75, 3.05) is 12.3 Å². The van der Waals surface area contributed by atoms with Gasteiger partial charge in [-0.05, 0) is 6.92 Å². The third-order valence-electron chi connectivity index (χ3n) is 1.20. The lowest BCUT2D eigenvalue weighted by Crippen LogP contribution is -2.07. The Balaban J connectivity index is 2.46. The second kappa shape index (κ2) is 3.75. The van der Waals surface area contributed by atoms with Gasteiger partial charge in [0, 0.05) is 0 Å². The number of rotatable bonds is 3. The second-order valence-corrected chi connectivity index (χ2v) is 2.16. The number of carbonyl (C=O) groups excluding carboxylic acids is 1. The fourth-order valence-corrected chi connectivity index (χ4v) is 0.764. The van der Waals surface area contributed by atoms with Gasteiger partial charge in [-0.25, -0.2) is 0 Å².